The third-order valence-corrected chi connectivity index (χ3v) is 21.6. The Morgan fingerprint density at radius 1 is 0.136 bits per heavy atom. The average molecular weight is 1090 g/mol. The Bertz CT molecular complexity index is 1400. The van der Waals surface area contributed by atoms with E-state index in [-0.39, 0.29) is 0 Å². The zero-order valence-electron chi connectivity index (χ0n) is 24.6. The van der Waals surface area contributed by atoms with Crippen LogP contribution in [0, 0.1) is 0 Å². The molecule has 0 saturated heterocycles. The number of halogens is 40. The van der Waals surface area contributed by atoms with Crippen LogP contribution in [-0.2, 0) is 0 Å². The molecule has 0 atom stereocenters. The van der Waals surface area contributed by atoms with Gasteiger partial charge in [-0.25, -0.2) is 0 Å². The maximum atomic E-state index is 15.3. The van der Waals surface area contributed by atoms with E-state index < -0.39 is 118 Å². The van der Waals surface area contributed by atoms with Crippen LogP contribution in [0.4, 0.5) is 176 Å². The van der Waals surface area contributed by atoms with E-state index in [0.717, 1.165) is 0 Å². The topological polar surface area (TPSA) is 0 Å². The van der Waals surface area contributed by atoms with Gasteiger partial charge in [0.1, 0.15) is 0 Å². The van der Waals surface area contributed by atoms with Gasteiger partial charge in [-0.05, 0) is 0 Å². The average Bonchev–Trinajstić information content (AvgIpc) is 2.93. The molecule has 0 aromatic rings. The van der Waals surface area contributed by atoms with Crippen molar-refractivity contribution in [1.29, 1.82) is 0 Å². The van der Waals surface area contributed by atoms with E-state index in [9.17, 15) is 140 Å². The van der Waals surface area contributed by atoms with Crippen molar-refractivity contribution >= 4 is 18.4 Å². The van der Waals surface area contributed by atoms with Crippen LogP contribution in [0.5, 0.6) is 0 Å². The second-order valence-corrected chi connectivity index (χ2v) is 22.2. The summed E-state index contributed by atoms with van der Waals surface area (Å²) in [6.07, 6.45) is -37.2. The number of hydrogen-bond donors (Lipinski definition) is 0. The summed E-state index contributed by atoms with van der Waals surface area (Å²) in [4.78, 5) is 0. The normalized spacial score (nSPS) is 17.5. The van der Waals surface area contributed by atoms with Crippen LogP contribution < -0.4 is 0 Å². The van der Waals surface area contributed by atoms with Gasteiger partial charge in [-0.15, -0.1) is 0 Å². The molecule has 41 heteroatoms. The summed E-state index contributed by atoms with van der Waals surface area (Å²) in [6, 6.07) is 0. The quantitative estimate of drug-likeness (QED) is 0.120. The molecule has 0 saturated carbocycles. The molecule has 0 aliphatic rings. The summed E-state index contributed by atoms with van der Waals surface area (Å²) in [6.45, 7) is 0. The van der Waals surface area contributed by atoms with Gasteiger partial charge in [-0.1, -0.05) is 0 Å². The molecule has 0 N–H and O–H groups in total. The molecule has 0 fully saturated rings. The van der Waals surface area contributed by atoms with Crippen molar-refractivity contribution in [3.63, 3.8) is 0 Å². The van der Waals surface area contributed by atoms with E-state index in [1.165, 1.54) is 0 Å². The zero-order chi connectivity index (χ0) is 49.5. The third kappa shape index (κ3) is 6.38. The predicted molar refractivity (Wildman–Crippen MR) is 99.2 cm³/mol. The fourth-order valence-electron chi connectivity index (χ4n) is 4.02. The summed E-state index contributed by atoms with van der Waals surface area (Å²) in [5.74, 6) is -106. The van der Waals surface area contributed by atoms with Gasteiger partial charge in [0.25, 0.3) is 0 Å². The summed E-state index contributed by atoms with van der Waals surface area (Å²) < 4.78 is 504. The van der Waals surface area contributed by atoms with Crippen molar-refractivity contribution in [1.82, 2.24) is 0 Å². The molecule has 0 heterocycles. The summed E-state index contributed by atoms with van der Waals surface area (Å²) in [5.41, 5.74) is 0. The molecule has 0 amide bonds. The Morgan fingerprint density at radius 2 is 0.237 bits per heavy atom. The molecule has 0 spiro atoms. The first-order valence-electron chi connectivity index (χ1n) is 12.1. The van der Waals surface area contributed by atoms with Gasteiger partial charge in [0.2, 0.25) is 0 Å². The van der Waals surface area contributed by atoms with Gasteiger partial charge in [0.05, 0.1) is 0 Å². The maximum absolute atomic E-state index is 17.1. The van der Waals surface area contributed by atoms with Gasteiger partial charge >= 0.3 is 294 Å². The van der Waals surface area contributed by atoms with Crippen LogP contribution in [0.15, 0.2) is 0 Å². The van der Waals surface area contributed by atoms with Gasteiger partial charge in [-0.2, -0.15) is 0 Å². The van der Waals surface area contributed by atoms with E-state index in [0.29, 0.717) is 0 Å². The van der Waals surface area contributed by atoms with E-state index in [2.05, 4.69) is 0 Å². The molecule has 0 aromatic heterocycles. The van der Waals surface area contributed by atoms with Crippen LogP contribution in [-0.4, -0.2) is 118 Å². The molecule has 356 valence electrons. The Balaban J connectivity index is 10.6. The van der Waals surface area contributed by atoms with Crippen molar-refractivity contribution in [2.75, 3.05) is 0 Å². The third-order valence-electron chi connectivity index (χ3n) is 7.25. The van der Waals surface area contributed by atoms with Crippen LogP contribution >= 0.6 is 0 Å². The van der Waals surface area contributed by atoms with E-state index in [1.807, 2.05) is 0 Å². The molecule has 0 bridgehead atoms. The van der Waals surface area contributed by atoms with E-state index in [4.69, 9.17) is 0 Å². The van der Waals surface area contributed by atoms with E-state index in [1.54, 1.807) is 0 Å². The minimum atomic E-state index is -17.1. The van der Waals surface area contributed by atoms with Crippen LogP contribution in [0.1, 0.15) is 0 Å². The first-order chi connectivity index (χ1) is 24.5. The minimum absolute atomic E-state index is 8.99. The van der Waals surface area contributed by atoms with E-state index >= 15 is 35.1 Å². The Morgan fingerprint density at radius 3 is 0.373 bits per heavy atom. The number of alkyl halides is 40. The first kappa shape index (κ1) is 57.0. The molecule has 0 radical (unpaired) electrons. The van der Waals surface area contributed by atoms with Crippen LogP contribution in [0.25, 0.3) is 0 Å². The first-order valence-corrected chi connectivity index (χ1v) is 17.8. The standard InChI is InChI=1S/C6F13.3C4F9.Sn/c7-1(8)2(9,10)3(11,12)4(13,14)5(15,16)6(17,18)19;3*5-1(6)2(7,8)3(9,10)4(11,12)13;. The van der Waals surface area contributed by atoms with Crippen molar-refractivity contribution in [3.05, 3.63) is 0 Å². The van der Waals surface area contributed by atoms with Crippen LogP contribution in [0.3, 0.4) is 0 Å². The molecule has 0 unspecified atom stereocenters. The van der Waals surface area contributed by atoms with Gasteiger partial charge in [0.15, 0.2) is 0 Å². The van der Waals surface area contributed by atoms with Gasteiger partial charge in [-0.3, -0.25) is 0 Å². The van der Waals surface area contributed by atoms with Crippen molar-refractivity contribution in [3.8, 4) is 0 Å². The van der Waals surface area contributed by atoms with Crippen molar-refractivity contribution in [2.24, 2.45) is 0 Å². The summed E-state index contributed by atoms with van der Waals surface area (Å²) in [5, 5.41) is 0. The molecule has 0 aromatic carbocycles. The number of hydrogen-bond acceptors (Lipinski definition) is 0. The van der Waals surface area contributed by atoms with Crippen molar-refractivity contribution in [2.45, 2.75) is 99.7 Å². The monoisotopic (exact) mass is 1100 g/mol. The Kier molecular flexibility index (Phi) is 13.0. The Hall–Kier alpha value is -2.00. The number of rotatable bonds is 14. The predicted octanol–water partition coefficient (Wildman–Crippen LogP) is 12.7. The second kappa shape index (κ2) is 13.5. The summed E-state index contributed by atoms with van der Waals surface area (Å²) >= 11 is -17.1. The fraction of sp³-hybridized carbons (Fsp3) is 1.00. The molecular weight excluding hydrogens is 1090 g/mol. The van der Waals surface area contributed by atoms with Crippen molar-refractivity contribution < 1.29 is 176 Å². The molecule has 0 rings (SSSR count). The molecule has 0 aliphatic heterocycles. The second-order valence-electron chi connectivity index (χ2n) is 10.8. The molecule has 0 nitrogen and oxygen atoms in total. The van der Waals surface area contributed by atoms with Gasteiger partial charge in [0, 0.05) is 0 Å². The van der Waals surface area contributed by atoms with Gasteiger partial charge < -0.3 is 0 Å². The molecular formula is C18F40Sn. The fourth-order valence-corrected chi connectivity index (χ4v) is 17.9. The summed E-state index contributed by atoms with van der Waals surface area (Å²) in [7, 11) is 0. The molecule has 0 aliphatic carbocycles. The molecule has 59 heavy (non-hydrogen) atoms. The zero-order valence-corrected chi connectivity index (χ0v) is 27.5. The van der Waals surface area contributed by atoms with Crippen LogP contribution in [0.2, 0.25) is 0 Å². The Labute approximate surface area is 294 Å². The SMILES string of the molecule is FC(F)(F)C(F)(F)C(F)(F)C(F)(F)C(F)(F)[C](F)(F)[Sn]([C](F)(F)C(F)(F)C(F)(F)C(F)(F)F)([C](F)(F)C(F)(F)C(F)(F)C(F)(F)F)[C](F)(F)C(F)(F)C(F)(F)C(F)(F)F.